The third-order valence-corrected chi connectivity index (χ3v) is 0.825. The maximum Gasteiger partial charge on any atom is 0.0425 e. The normalized spacial score (nSPS) is 16.0. The first-order valence-electron chi connectivity index (χ1n) is 3.23. The Morgan fingerprint density at radius 2 is 1.86 bits per heavy atom. The van der Waals surface area contributed by atoms with Crippen LogP contribution in [0.1, 0.15) is 20.6 Å². The molecule has 0 fully saturated rings. The van der Waals surface area contributed by atoms with Crippen molar-refractivity contribution < 1.29 is 1.37 Å². The van der Waals surface area contributed by atoms with Crippen molar-refractivity contribution in [2.24, 2.45) is 11.5 Å². The summed E-state index contributed by atoms with van der Waals surface area (Å²) in [6, 6.07) is 0. The first-order chi connectivity index (χ1) is 3.77. The molecule has 0 saturated heterocycles. The molecule has 7 heavy (non-hydrogen) atoms. The molecule has 0 aliphatic carbocycles. The summed E-state index contributed by atoms with van der Waals surface area (Å²) >= 11 is 0. The molecule has 0 aromatic carbocycles. The number of hydrogen-bond donors (Lipinski definition) is 2. The van der Waals surface area contributed by atoms with Crippen LogP contribution in [0, 0.1) is 0 Å². The van der Waals surface area contributed by atoms with Crippen LogP contribution in [-0.2, 0) is 0 Å². The van der Waals surface area contributed by atoms with E-state index in [1.165, 1.54) is 0 Å². The van der Waals surface area contributed by atoms with Gasteiger partial charge in [0.15, 0.2) is 0 Å². The molecule has 0 rings (SSSR count). The van der Waals surface area contributed by atoms with Gasteiger partial charge in [-0.15, -0.1) is 0 Å². The van der Waals surface area contributed by atoms with Gasteiger partial charge in [-0.2, -0.15) is 0 Å². The zero-order chi connectivity index (χ0) is 6.41. The molecule has 4 N–H and O–H groups in total. The lowest BCUT2D eigenvalue weighted by molar-refractivity contribution is 0.695. The zero-order valence-electron chi connectivity index (χ0n) is 5.56. The maximum absolute atomic E-state index is 6.89. The van der Waals surface area contributed by atoms with Crippen LogP contribution in [0.2, 0.25) is 0 Å². The molecule has 0 aromatic heterocycles. The summed E-state index contributed by atoms with van der Waals surface area (Å²) in [7, 11) is 0. The number of hydrogen-bond acceptors (Lipinski definition) is 2. The van der Waals surface area contributed by atoms with E-state index in [1.807, 2.05) is 0 Å². The Bertz CT molecular complexity index is 47.7. The van der Waals surface area contributed by atoms with E-state index in [9.17, 15) is 0 Å². The maximum atomic E-state index is 6.89. The average Bonchev–Trinajstić information content (AvgIpc) is 1.66. The number of rotatable bonds is 4. The van der Waals surface area contributed by atoms with Crippen LogP contribution >= 0.6 is 0 Å². The van der Waals surface area contributed by atoms with Gasteiger partial charge in [-0.1, -0.05) is 6.42 Å². The predicted octanol–water partition coefficient (Wildman–Crippen LogP) is 0.0741. The summed E-state index contributed by atoms with van der Waals surface area (Å²) in [4.78, 5) is 0. The van der Waals surface area contributed by atoms with Gasteiger partial charge in [-0.25, -0.2) is 0 Å². The smallest absolute Gasteiger partial charge is 0.0425 e. The molecule has 0 aliphatic heterocycles. The Morgan fingerprint density at radius 3 is 2.29 bits per heavy atom. The molecule has 0 radical (unpaired) electrons. The second-order valence-corrected chi connectivity index (χ2v) is 1.52. The highest BCUT2D eigenvalue weighted by molar-refractivity contribution is 4.41. The van der Waals surface area contributed by atoms with E-state index in [2.05, 4.69) is 0 Å². The van der Waals surface area contributed by atoms with E-state index in [0.717, 1.165) is 19.3 Å². The minimum absolute atomic E-state index is 0.401. The van der Waals surface area contributed by atoms with Crippen molar-refractivity contribution in [2.75, 3.05) is 13.1 Å². The summed E-state index contributed by atoms with van der Waals surface area (Å²) < 4.78 is 6.89. The minimum Gasteiger partial charge on any atom is -0.330 e. The Balaban J connectivity index is 2.72. The standard InChI is InChI=1S/C5H14N2/c6-4-2-1-3-5-7/h1-7H2/i4T. The molecule has 44 valence electrons. The van der Waals surface area contributed by atoms with Gasteiger partial charge >= 0.3 is 0 Å². The monoisotopic (exact) mass is 104 g/mol. The third-order valence-electron chi connectivity index (χ3n) is 0.825. The van der Waals surface area contributed by atoms with Gasteiger partial charge < -0.3 is 11.5 Å². The molecular weight excluding hydrogens is 88.1 g/mol. The van der Waals surface area contributed by atoms with Gasteiger partial charge in [0.05, 0.1) is 0 Å². The van der Waals surface area contributed by atoms with E-state index in [1.54, 1.807) is 0 Å². The molecule has 2 heteroatoms. The second kappa shape index (κ2) is 5.92. The fourth-order valence-corrected chi connectivity index (χ4v) is 0.407. The van der Waals surface area contributed by atoms with Crippen molar-refractivity contribution in [1.29, 1.82) is 0 Å². The summed E-state index contributed by atoms with van der Waals surface area (Å²) in [5.74, 6) is 0. The largest absolute Gasteiger partial charge is 0.330 e. The SMILES string of the molecule is [3H]C(N)CCCCN. The molecule has 0 spiro atoms. The highest BCUT2D eigenvalue weighted by Gasteiger charge is 1.80. The lowest BCUT2D eigenvalue weighted by Crippen LogP contribution is -2.02. The Hall–Kier alpha value is -0.0800. The van der Waals surface area contributed by atoms with E-state index in [4.69, 9.17) is 12.8 Å². The van der Waals surface area contributed by atoms with E-state index in [-0.39, 0.29) is 0 Å². The lowest BCUT2D eigenvalue weighted by Gasteiger charge is -1.91. The van der Waals surface area contributed by atoms with Crippen LogP contribution in [-0.4, -0.2) is 13.1 Å². The zero-order valence-corrected chi connectivity index (χ0v) is 4.56. The molecule has 0 amide bonds. The van der Waals surface area contributed by atoms with Gasteiger partial charge in [0, 0.05) is 1.37 Å². The van der Waals surface area contributed by atoms with Gasteiger partial charge in [0.25, 0.3) is 0 Å². The second-order valence-electron chi connectivity index (χ2n) is 1.52. The number of unbranched alkanes of at least 4 members (excludes halogenated alkanes) is 1. The van der Waals surface area contributed by atoms with Crippen molar-refractivity contribution in [1.82, 2.24) is 0 Å². The molecule has 1 unspecified atom stereocenters. The van der Waals surface area contributed by atoms with Gasteiger partial charge in [-0.3, -0.25) is 0 Å². The van der Waals surface area contributed by atoms with E-state index < -0.39 is 6.52 Å². The summed E-state index contributed by atoms with van der Waals surface area (Å²) in [6.45, 7) is 0.314. The molecule has 2 nitrogen and oxygen atoms in total. The summed E-state index contributed by atoms with van der Waals surface area (Å²) in [6.07, 6.45) is 2.75. The number of nitrogens with two attached hydrogens (primary N) is 2. The van der Waals surface area contributed by atoms with Crippen LogP contribution in [0.3, 0.4) is 0 Å². The van der Waals surface area contributed by atoms with Gasteiger partial charge in [0.1, 0.15) is 0 Å². The molecule has 0 heterocycles. The predicted molar refractivity (Wildman–Crippen MR) is 32.0 cm³/mol. The first-order valence-corrected chi connectivity index (χ1v) is 2.65. The molecule has 0 saturated carbocycles. The van der Waals surface area contributed by atoms with Gasteiger partial charge in [0.2, 0.25) is 0 Å². The van der Waals surface area contributed by atoms with Crippen LogP contribution in [0.4, 0.5) is 0 Å². The summed E-state index contributed by atoms with van der Waals surface area (Å²) in [5, 5.41) is 0. The van der Waals surface area contributed by atoms with Crippen LogP contribution in [0.5, 0.6) is 0 Å². The highest BCUT2D eigenvalue weighted by Crippen LogP contribution is 1.88. The van der Waals surface area contributed by atoms with E-state index >= 15 is 0 Å². The lowest BCUT2D eigenvalue weighted by atomic mass is 10.2. The van der Waals surface area contributed by atoms with E-state index in [0.29, 0.717) is 6.54 Å². The van der Waals surface area contributed by atoms with Crippen molar-refractivity contribution in [3.8, 4) is 0 Å². The molecular formula is C5H14N2. The quantitative estimate of drug-likeness (QED) is 0.496. The Labute approximate surface area is 46.3 Å². The van der Waals surface area contributed by atoms with Crippen molar-refractivity contribution in [3.05, 3.63) is 0 Å². The third kappa shape index (κ3) is 5.92. The molecule has 0 aromatic rings. The van der Waals surface area contributed by atoms with Crippen LogP contribution in [0.25, 0.3) is 0 Å². The minimum atomic E-state index is -0.401. The molecule has 0 bridgehead atoms. The van der Waals surface area contributed by atoms with Crippen molar-refractivity contribution >= 4 is 0 Å². The molecule has 1 atom stereocenters. The Morgan fingerprint density at radius 1 is 1.14 bits per heavy atom. The van der Waals surface area contributed by atoms with Crippen molar-refractivity contribution in [2.45, 2.75) is 19.3 Å². The topological polar surface area (TPSA) is 52.0 Å². The first kappa shape index (κ1) is 5.06. The fourth-order valence-electron chi connectivity index (χ4n) is 0.407. The van der Waals surface area contributed by atoms with Crippen molar-refractivity contribution in [3.63, 3.8) is 0 Å². The van der Waals surface area contributed by atoms with Gasteiger partial charge in [-0.05, 0) is 25.9 Å². The van der Waals surface area contributed by atoms with Crippen LogP contribution in [0.15, 0.2) is 0 Å². The highest BCUT2D eigenvalue weighted by atomic mass is 14.5. The molecule has 0 aliphatic rings. The average molecular weight is 104 g/mol. The fraction of sp³-hybridized carbons (Fsp3) is 1.00. The Kier molecular flexibility index (Phi) is 4.28. The van der Waals surface area contributed by atoms with Crippen LogP contribution < -0.4 is 11.5 Å². The summed E-state index contributed by atoms with van der Waals surface area (Å²) in [5.41, 5.74) is 10.4.